The summed E-state index contributed by atoms with van der Waals surface area (Å²) < 4.78 is 2.14. The number of nitrogens with zero attached hydrogens (tertiary/aromatic N) is 1. The van der Waals surface area contributed by atoms with E-state index in [1.165, 1.54) is 0 Å². The highest BCUT2D eigenvalue weighted by molar-refractivity contribution is 5.65. The van der Waals surface area contributed by atoms with Gasteiger partial charge in [-0.1, -0.05) is 18.2 Å². The predicted molar refractivity (Wildman–Crippen MR) is 51.4 cm³/mol. The molecule has 0 aliphatic rings. The van der Waals surface area contributed by atoms with Crippen molar-refractivity contribution in [3.05, 3.63) is 24.3 Å². The van der Waals surface area contributed by atoms with Crippen molar-refractivity contribution in [2.24, 2.45) is 0 Å². The Morgan fingerprint density at radius 3 is 2.55 bits per heavy atom. The van der Waals surface area contributed by atoms with E-state index < -0.39 is 0 Å². The van der Waals surface area contributed by atoms with Crippen molar-refractivity contribution in [2.45, 2.75) is 20.3 Å². The van der Waals surface area contributed by atoms with Gasteiger partial charge >= 0.3 is 0 Å². The molecule has 0 N–H and O–H groups in total. The fourth-order valence-electron chi connectivity index (χ4n) is 0.606. The molecule has 0 rings (SSSR count). The van der Waals surface area contributed by atoms with E-state index >= 15 is 0 Å². The van der Waals surface area contributed by atoms with E-state index in [0.717, 1.165) is 13.0 Å². The third-order valence-electron chi connectivity index (χ3n) is 1.48. The molecule has 11 heavy (non-hydrogen) atoms. The molecular weight excluding hydrogens is 134 g/mol. The number of rotatable bonds is 4. The number of hydrogen-bond acceptors (Lipinski definition) is 0. The molecule has 0 heterocycles. The first-order chi connectivity index (χ1) is 5.31. The van der Waals surface area contributed by atoms with Gasteiger partial charge in [0.25, 0.3) is 0 Å². The molecule has 0 radical (unpaired) electrons. The molecular formula is C10H18N+. The quantitative estimate of drug-likeness (QED) is 0.330. The Kier molecular flexibility index (Phi) is 6.70. The topological polar surface area (TPSA) is 3.01 Å². The summed E-state index contributed by atoms with van der Waals surface area (Å²) in [4.78, 5) is 0. The second-order valence-electron chi connectivity index (χ2n) is 2.46. The highest BCUT2D eigenvalue weighted by Crippen LogP contribution is 1.83. The van der Waals surface area contributed by atoms with Crippen LogP contribution in [0.2, 0.25) is 0 Å². The zero-order chi connectivity index (χ0) is 8.53. The van der Waals surface area contributed by atoms with Gasteiger partial charge in [0.05, 0.1) is 0 Å². The van der Waals surface area contributed by atoms with Gasteiger partial charge in [-0.25, -0.2) is 4.58 Å². The molecule has 0 saturated heterocycles. The van der Waals surface area contributed by atoms with Crippen LogP contribution in [-0.4, -0.2) is 24.4 Å². The second kappa shape index (κ2) is 7.26. The summed E-state index contributed by atoms with van der Waals surface area (Å²) in [6, 6.07) is 0. The molecule has 0 fully saturated rings. The zero-order valence-corrected chi connectivity index (χ0v) is 7.75. The van der Waals surface area contributed by atoms with E-state index in [0.29, 0.717) is 0 Å². The van der Waals surface area contributed by atoms with E-state index in [9.17, 15) is 0 Å². The first-order valence-electron chi connectivity index (χ1n) is 4.12. The van der Waals surface area contributed by atoms with E-state index in [-0.39, 0.29) is 0 Å². The van der Waals surface area contributed by atoms with Crippen LogP contribution < -0.4 is 0 Å². The Hall–Kier alpha value is -0.850. The standard InChI is InChI=1S/C10H18N/c1-4-6-7-8-9-10-11(3)5-2/h4,6,8-10H,5,7H2,1-3H3/q+1/b6-4-,9-8-,11-10+. The summed E-state index contributed by atoms with van der Waals surface area (Å²) >= 11 is 0. The summed E-state index contributed by atoms with van der Waals surface area (Å²) in [5.41, 5.74) is 0. The molecule has 0 aromatic heterocycles. The predicted octanol–water partition coefficient (Wildman–Crippen LogP) is 2.24. The molecule has 62 valence electrons. The minimum atomic E-state index is 1.03. The Labute approximate surface area is 69.7 Å². The maximum Gasteiger partial charge on any atom is 0.162 e. The van der Waals surface area contributed by atoms with Crippen LogP contribution in [0.1, 0.15) is 20.3 Å². The van der Waals surface area contributed by atoms with Gasteiger partial charge in [0.15, 0.2) is 6.21 Å². The Bertz CT molecular complexity index is 164. The van der Waals surface area contributed by atoms with E-state index in [1.54, 1.807) is 0 Å². The van der Waals surface area contributed by atoms with Gasteiger partial charge in [-0.2, -0.15) is 0 Å². The lowest BCUT2D eigenvalue weighted by Crippen LogP contribution is -2.03. The van der Waals surface area contributed by atoms with Crippen LogP contribution in [0.25, 0.3) is 0 Å². The van der Waals surface area contributed by atoms with E-state index in [1.807, 2.05) is 6.92 Å². The van der Waals surface area contributed by atoms with Crippen LogP contribution >= 0.6 is 0 Å². The average molecular weight is 152 g/mol. The van der Waals surface area contributed by atoms with Crippen molar-refractivity contribution in [1.82, 2.24) is 0 Å². The molecule has 1 nitrogen and oxygen atoms in total. The highest BCUT2D eigenvalue weighted by Gasteiger charge is 1.82. The van der Waals surface area contributed by atoms with Gasteiger partial charge < -0.3 is 0 Å². The van der Waals surface area contributed by atoms with E-state index in [2.05, 4.69) is 49.1 Å². The van der Waals surface area contributed by atoms with Gasteiger partial charge in [0, 0.05) is 0 Å². The molecule has 0 unspecified atom stereocenters. The molecule has 0 aromatic rings. The fourth-order valence-corrected chi connectivity index (χ4v) is 0.606. The average Bonchev–Trinajstić information content (AvgIpc) is 2.04. The monoisotopic (exact) mass is 152 g/mol. The summed E-state index contributed by atoms with van der Waals surface area (Å²) in [6.45, 7) is 5.24. The van der Waals surface area contributed by atoms with Crippen molar-refractivity contribution < 1.29 is 4.58 Å². The lowest BCUT2D eigenvalue weighted by molar-refractivity contribution is -0.487. The molecule has 0 bridgehead atoms. The smallest absolute Gasteiger partial charge is 0.162 e. The maximum absolute atomic E-state index is 2.14. The molecule has 0 aromatic carbocycles. The second-order valence-corrected chi connectivity index (χ2v) is 2.46. The van der Waals surface area contributed by atoms with Gasteiger partial charge in [-0.05, 0) is 26.3 Å². The first-order valence-corrected chi connectivity index (χ1v) is 4.12. The van der Waals surface area contributed by atoms with Crippen LogP contribution in [0.15, 0.2) is 24.3 Å². The molecule has 0 atom stereocenters. The first kappa shape index (κ1) is 10.2. The van der Waals surface area contributed by atoms with E-state index in [4.69, 9.17) is 0 Å². The zero-order valence-electron chi connectivity index (χ0n) is 7.75. The van der Waals surface area contributed by atoms with Crippen molar-refractivity contribution in [3.63, 3.8) is 0 Å². The lowest BCUT2D eigenvalue weighted by atomic mass is 10.3. The van der Waals surface area contributed by atoms with Gasteiger partial charge in [-0.3, -0.25) is 0 Å². The fraction of sp³-hybridized carbons (Fsp3) is 0.500. The van der Waals surface area contributed by atoms with Gasteiger partial charge in [0.2, 0.25) is 0 Å². The summed E-state index contributed by atoms with van der Waals surface area (Å²) in [5.74, 6) is 0. The molecule has 0 aliphatic heterocycles. The minimum Gasteiger partial charge on any atom is -0.239 e. The number of allylic oxidation sites excluding steroid dienone is 4. The lowest BCUT2D eigenvalue weighted by Gasteiger charge is -1.85. The third-order valence-corrected chi connectivity index (χ3v) is 1.48. The maximum atomic E-state index is 2.14. The Balaban J connectivity index is 3.58. The van der Waals surface area contributed by atoms with Gasteiger partial charge in [-0.15, -0.1) is 0 Å². The van der Waals surface area contributed by atoms with Crippen molar-refractivity contribution in [3.8, 4) is 0 Å². The normalized spacial score (nSPS) is 13.5. The molecule has 0 amide bonds. The summed E-state index contributed by atoms with van der Waals surface area (Å²) in [6.07, 6.45) is 11.5. The largest absolute Gasteiger partial charge is 0.239 e. The Morgan fingerprint density at radius 1 is 1.27 bits per heavy atom. The van der Waals surface area contributed by atoms with Crippen LogP contribution in [0.5, 0.6) is 0 Å². The molecule has 0 aliphatic carbocycles. The molecule has 0 spiro atoms. The van der Waals surface area contributed by atoms with Crippen molar-refractivity contribution >= 4 is 6.21 Å². The van der Waals surface area contributed by atoms with Crippen LogP contribution in [0.4, 0.5) is 0 Å². The number of hydrogen-bond donors (Lipinski definition) is 0. The van der Waals surface area contributed by atoms with Crippen molar-refractivity contribution in [1.29, 1.82) is 0 Å². The summed E-state index contributed by atoms with van der Waals surface area (Å²) in [5, 5.41) is 0. The highest BCUT2D eigenvalue weighted by atomic mass is 14.9. The molecule has 1 heteroatoms. The summed E-state index contributed by atoms with van der Waals surface area (Å²) in [7, 11) is 2.07. The molecule has 0 saturated carbocycles. The Morgan fingerprint density at radius 2 is 2.00 bits per heavy atom. The van der Waals surface area contributed by atoms with Crippen LogP contribution in [0, 0.1) is 0 Å². The SMILES string of the molecule is C/C=C\C/C=C\C=[N+](/C)CC. The van der Waals surface area contributed by atoms with Gasteiger partial charge in [0.1, 0.15) is 13.6 Å². The van der Waals surface area contributed by atoms with Crippen LogP contribution in [-0.2, 0) is 0 Å². The minimum absolute atomic E-state index is 1.03. The third kappa shape index (κ3) is 7.04. The van der Waals surface area contributed by atoms with Crippen molar-refractivity contribution in [2.75, 3.05) is 13.6 Å². The van der Waals surface area contributed by atoms with Crippen LogP contribution in [0.3, 0.4) is 0 Å².